The molecule has 4 aromatic rings. The standard InChI is InChI=1S/C20H17N5/c1-15-22-12-18(19(24-15)16-8-4-2-5-9-16)20(25-14-21-13-23-25)17-10-6-3-7-11-17/h2-14,20H,1H3. The first-order chi connectivity index (χ1) is 12.3. The predicted molar refractivity (Wildman–Crippen MR) is 95.9 cm³/mol. The number of benzene rings is 2. The van der Waals surface area contributed by atoms with E-state index in [0.717, 1.165) is 28.2 Å². The average molecular weight is 327 g/mol. The Hall–Kier alpha value is -3.34. The normalized spacial score (nSPS) is 12.0. The average Bonchev–Trinajstić information content (AvgIpc) is 3.19. The molecule has 0 radical (unpaired) electrons. The Labute approximate surface area is 146 Å². The third kappa shape index (κ3) is 3.04. The number of hydrogen-bond acceptors (Lipinski definition) is 4. The second kappa shape index (κ2) is 6.65. The zero-order valence-corrected chi connectivity index (χ0v) is 13.8. The van der Waals surface area contributed by atoms with Crippen molar-refractivity contribution in [3.05, 3.63) is 96.5 Å². The first-order valence-corrected chi connectivity index (χ1v) is 8.11. The SMILES string of the molecule is Cc1ncc(C(c2ccccc2)n2cncn2)c(-c2ccccc2)n1. The molecule has 122 valence electrons. The van der Waals surface area contributed by atoms with Gasteiger partial charge in [-0.1, -0.05) is 60.7 Å². The number of nitrogens with zero attached hydrogens (tertiary/aromatic N) is 5. The van der Waals surface area contributed by atoms with E-state index in [9.17, 15) is 0 Å². The van der Waals surface area contributed by atoms with Gasteiger partial charge in [0, 0.05) is 17.3 Å². The molecule has 5 nitrogen and oxygen atoms in total. The van der Waals surface area contributed by atoms with Crippen LogP contribution in [0.25, 0.3) is 11.3 Å². The summed E-state index contributed by atoms with van der Waals surface area (Å²) >= 11 is 0. The van der Waals surface area contributed by atoms with Crippen molar-refractivity contribution in [2.75, 3.05) is 0 Å². The molecule has 0 amide bonds. The maximum absolute atomic E-state index is 4.73. The van der Waals surface area contributed by atoms with Gasteiger partial charge in [-0.15, -0.1) is 0 Å². The van der Waals surface area contributed by atoms with Crippen molar-refractivity contribution in [3.8, 4) is 11.3 Å². The minimum Gasteiger partial charge on any atom is -0.241 e. The fourth-order valence-electron chi connectivity index (χ4n) is 2.97. The van der Waals surface area contributed by atoms with E-state index in [4.69, 9.17) is 4.98 Å². The highest BCUT2D eigenvalue weighted by Crippen LogP contribution is 2.32. The van der Waals surface area contributed by atoms with E-state index in [1.54, 1.807) is 12.7 Å². The lowest BCUT2D eigenvalue weighted by Gasteiger charge is -2.20. The molecular weight excluding hydrogens is 310 g/mol. The van der Waals surface area contributed by atoms with Gasteiger partial charge in [0.2, 0.25) is 0 Å². The Kier molecular flexibility index (Phi) is 4.04. The molecule has 25 heavy (non-hydrogen) atoms. The van der Waals surface area contributed by atoms with Crippen LogP contribution < -0.4 is 0 Å². The maximum atomic E-state index is 4.73. The van der Waals surface area contributed by atoms with Crippen LogP contribution in [0.3, 0.4) is 0 Å². The van der Waals surface area contributed by atoms with Gasteiger partial charge >= 0.3 is 0 Å². The van der Waals surface area contributed by atoms with Crippen molar-refractivity contribution in [1.29, 1.82) is 0 Å². The first-order valence-electron chi connectivity index (χ1n) is 8.11. The zero-order valence-electron chi connectivity index (χ0n) is 13.8. The van der Waals surface area contributed by atoms with Gasteiger partial charge in [-0.2, -0.15) is 5.10 Å². The van der Waals surface area contributed by atoms with Gasteiger partial charge in [0.15, 0.2) is 0 Å². The number of rotatable bonds is 4. The summed E-state index contributed by atoms with van der Waals surface area (Å²) in [4.78, 5) is 13.3. The Bertz CT molecular complexity index is 950. The third-order valence-corrected chi connectivity index (χ3v) is 4.10. The molecule has 2 heterocycles. The largest absolute Gasteiger partial charge is 0.241 e. The van der Waals surface area contributed by atoms with E-state index in [0.29, 0.717) is 0 Å². The smallest absolute Gasteiger partial charge is 0.137 e. The number of aromatic nitrogens is 5. The van der Waals surface area contributed by atoms with E-state index in [1.807, 2.05) is 54.2 Å². The van der Waals surface area contributed by atoms with Crippen LogP contribution in [0.2, 0.25) is 0 Å². The summed E-state index contributed by atoms with van der Waals surface area (Å²) in [7, 11) is 0. The quantitative estimate of drug-likeness (QED) is 0.574. The van der Waals surface area contributed by atoms with E-state index in [-0.39, 0.29) is 6.04 Å². The van der Waals surface area contributed by atoms with Crippen molar-refractivity contribution in [2.24, 2.45) is 0 Å². The lowest BCUT2D eigenvalue weighted by molar-refractivity contribution is 0.590. The minimum atomic E-state index is -0.139. The molecule has 0 aliphatic rings. The maximum Gasteiger partial charge on any atom is 0.137 e. The Morgan fingerprint density at radius 1 is 0.920 bits per heavy atom. The number of aryl methyl sites for hydroxylation is 1. The first kappa shape index (κ1) is 15.2. The summed E-state index contributed by atoms with van der Waals surface area (Å²) in [6, 6.07) is 20.2. The molecule has 5 heteroatoms. The molecule has 0 saturated heterocycles. The molecule has 0 spiro atoms. The van der Waals surface area contributed by atoms with Crippen LogP contribution in [-0.4, -0.2) is 24.7 Å². The fraction of sp³-hybridized carbons (Fsp3) is 0.100. The summed E-state index contributed by atoms with van der Waals surface area (Å²) in [5.74, 6) is 0.744. The lowest BCUT2D eigenvalue weighted by Crippen LogP contribution is -2.15. The summed E-state index contributed by atoms with van der Waals surface area (Å²) < 4.78 is 1.84. The van der Waals surface area contributed by atoms with Crippen LogP contribution in [0.4, 0.5) is 0 Å². The topological polar surface area (TPSA) is 56.5 Å². The fourth-order valence-corrected chi connectivity index (χ4v) is 2.97. The summed E-state index contributed by atoms with van der Waals surface area (Å²) in [5.41, 5.74) is 4.08. The zero-order chi connectivity index (χ0) is 17.1. The van der Waals surface area contributed by atoms with Crippen LogP contribution in [0.1, 0.15) is 23.0 Å². The molecule has 2 aromatic carbocycles. The molecule has 2 aromatic heterocycles. The van der Waals surface area contributed by atoms with Crippen molar-refractivity contribution in [2.45, 2.75) is 13.0 Å². The van der Waals surface area contributed by atoms with Gasteiger partial charge in [-0.3, -0.25) is 0 Å². The van der Waals surface area contributed by atoms with Crippen LogP contribution in [-0.2, 0) is 0 Å². The highest BCUT2D eigenvalue weighted by Gasteiger charge is 2.22. The van der Waals surface area contributed by atoms with Crippen molar-refractivity contribution in [1.82, 2.24) is 24.7 Å². The molecular formula is C20H17N5. The van der Waals surface area contributed by atoms with E-state index >= 15 is 0 Å². The summed E-state index contributed by atoms with van der Waals surface area (Å²) in [6.45, 7) is 1.91. The summed E-state index contributed by atoms with van der Waals surface area (Å²) in [5, 5.41) is 4.38. The van der Waals surface area contributed by atoms with Crippen molar-refractivity contribution >= 4 is 0 Å². The van der Waals surface area contributed by atoms with Gasteiger partial charge in [-0.05, 0) is 12.5 Å². The number of hydrogen-bond donors (Lipinski definition) is 0. The van der Waals surface area contributed by atoms with Gasteiger partial charge in [0.05, 0.1) is 5.69 Å². The van der Waals surface area contributed by atoms with Gasteiger partial charge < -0.3 is 0 Å². The Morgan fingerprint density at radius 3 is 2.32 bits per heavy atom. The molecule has 1 atom stereocenters. The van der Waals surface area contributed by atoms with Gasteiger partial charge in [0.1, 0.15) is 24.5 Å². The van der Waals surface area contributed by atoms with Gasteiger partial charge in [-0.25, -0.2) is 19.6 Å². The van der Waals surface area contributed by atoms with E-state index in [1.165, 1.54) is 0 Å². The Balaban J connectivity index is 1.94. The summed E-state index contributed by atoms with van der Waals surface area (Å²) in [6.07, 6.45) is 5.17. The second-order valence-electron chi connectivity index (χ2n) is 5.78. The molecule has 0 aliphatic carbocycles. The van der Waals surface area contributed by atoms with Crippen molar-refractivity contribution in [3.63, 3.8) is 0 Å². The van der Waals surface area contributed by atoms with Crippen molar-refractivity contribution < 1.29 is 0 Å². The van der Waals surface area contributed by atoms with Crippen LogP contribution in [0, 0.1) is 6.92 Å². The van der Waals surface area contributed by atoms with E-state index in [2.05, 4.69) is 39.3 Å². The molecule has 0 N–H and O–H groups in total. The highest BCUT2D eigenvalue weighted by atomic mass is 15.3. The predicted octanol–water partition coefficient (Wildman–Crippen LogP) is 3.68. The molecule has 4 rings (SSSR count). The van der Waals surface area contributed by atoms with Crippen LogP contribution in [0.15, 0.2) is 79.5 Å². The highest BCUT2D eigenvalue weighted by molar-refractivity contribution is 5.64. The lowest BCUT2D eigenvalue weighted by atomic mass is 9.95. The second-order valence-corrected chi connectivity index (χ2v) is 5.78. The molecule has 0 fully saturated rings. The van der Waals surface area contributed by atoms with Crippen LogP contribution >= 0.6 is 0 Å². The minimum absolute atomic E-state index is 0.139. The van der Waals surface area contributed by atoms with Crippen LogP contribution in [0.5, 0.6) is 0 Å². The molecule has 0 aliphatic heterocycles. The molecule has 0 bridgehead atoms. The Morgan fingerprint density at radius 2 is 1.64 bits per heavy atom. The van der Waals surface area contributed by atoms with E-state index < -0.39 is 0 Å². The molecule has 0 saturated carbocycles. The molecule has 1 unspecified atom stereocenters. The third-order valence-electron chi connectivity index (χ3n) is 4.10. The monoisotopic (exact) mass is 327 g/mol. The van der Waals surface area contributed by atoms with Gasteiger partial charge in [0.25, 0.3) is 0 Å².